The van der Waals surface area contributed by atoms with Gasteiger partial charge in [0.15, 0.2) is 0 Å². The van der Waals surface area contributed by atoms with E-state index >= 15 is 0 Å². The third-order valence-electron chi connectivity index (χ3n) is 5.56. The van der Waals surface area contributed by atoms with Crippen molar-refractivity contribution >= 4 is 15.1 Å². The highest BCUT2D eigenvalue weighted by molar-refractivity contribution is 7.22. The lowest BCUT2D eigenvalue weighted by Gasteiger charge is -2.31. The van der Waals surface area contributed by atoms with Gasteiger partial charge in [-0.2, -0.15) is 0 Å². The van der Waals surface area contributed by atoms with E-state index in [0.717, 1.165) is 36.8 Å². The highest BCUT2D eigenvalue weighted by Crippen LogP contribution is 2.31. The van der Waals surface area contributed by atoms with Crippen LogP contribution in [0.15, 0.2) is 59.5 Å². The zero-order chi connectivity index (χ0) is 20.6. The Morgan fingerprint density at radius 3 is 2.66 bits per heavy atom. The smallest absolute Gasteiger partial charge is 0.237 e. The molecule has 0 bridgehead atoms. The highest BCUT2D eigenvalue weighted by atomic mass is 31.0. The van der Waals surface area contributed by atoms with Crippen molar-refractivity contribution in [1.29, 1.82) is 0 Å². The molecule has 1 aliphatic heterocycles. The molecule has 0 aromatic heterocycles. The van der Waals surface area contributed by atoms with Gasteiger partial charge in [0.2, 0.25) is 5.91 Å². The van der Waals surface area contributed by atoms with Crippen molar-refractivity contribution in [2.24, 2.45) is 0 Å². The molecule has 29 heavy (non-hydrogen) atoms. The lowest BCUT2D eigenvalue weighted by atomic mass is 9.87. The quantitative estimate of drug-likeness (QED) is 0.688. The molecule has 3 rings (SSSR count). The molecule has 6 heteroatoms. The fraction of sp³-hybridized carbons (Fsp3) is 0.435. The van der Waals surface area contributed by atoms with Gasteiger partial charge < -0.3 is 10.1 Å². The monoisotopic (exact) mass is 416 g/mol. The second-order valence-electron chi connectivity index (χ2n) is 7.49. The van der Waals surface area contributed by atoms with Gasteiger partial charge in [-0.25, -0.2) is 4.39 Å². The molecule has 4 nitrogen and oxygen atoms in total. The van der Waals surface area contributed by atoms with Crippen molar-refractivity contribution in [1.82, 2.24) is 10.2 Å². The molecule has 0 radical (unpaired) electrons. The molecule has 1 saturated heterocycles. The molecule has 1 aromatic rings. The third-order valence-corrected chi connectivity index (χ3v) is 5.98. The largest absolute Gasteiger partial charge is 0.379 e. The normalized spacial score (nSPS) is 19.7. The van der Waals surface area contributed by atoms with Crippen LogP contribution >= 0.6 is 9.24 Å². The van der Waals surface area contributed by atoms with Crippen molar-refractivity contribution < 1.29 is 13.9 Å². The summed E-state index contributed by atoms with van der Waals surface area (Å²) in [7, 11) is 2.73. The summed E-state index contributed by atoms with van der Waals surface area (Å²) in [4.78, 5) is 14.7. The van der Waals surface area contributed by atoms with Gasteiger partial charge in [0.05, 0.1) is 19.3 Å². The summed E-state index contributed by atoms with van der Waals surface area (Å²) in [6.45, 7) is 5.44. The van der Waals surface area contributed by atoms with E-state index in [2.05, 4.69) is 43.8 Å². The number of carbonyl (C=O) groups excluding carboxylic acids is 1. The van der Waals surface area contributed by atoms with Crippen LogP contribution in [0.2, 0.25) is 0 Å². The molecule has 0 spiro atoms. The molecule has 3 unspecified atom stereocenters. The van der Waals surface area contributed by atoms with Crippen LogP contribution in [-0.2, 0) is 9.53 Å². The van der Waals surface area contributed by atoms with Gasteiger partial charge in [-0.1, -0.05) is 36.4 Å². The second-order valence-corrected chi connectivity index (χ2v) is 8.15. The Kier molecular flexibility index (Phi) is 8.17. The van der Waals surface area contributed by atoms with Crippen LogP contribution in [0.25, 0.3) is 0 Å². The lowest BCUT2D eigenvalue weighted by molar-refractivity contribution is -0.127. The van der Waals surface area contributed by atoms with E-state index in [4.69, 9.17) is 4.74 Å². The van der Waals surface area contributed by atoms with E-state index in [1.165, 1.54) is 17.7 Å². The number of allylic oxidation sites excluding steroid dienone is 6. The van der Waals surface area contributed by atoms with Crippen LogP contribution in [0, 0.1) is 5.82 Å². The van der Waals surface area contributed by atoms with Crippen molar-refractivity contribution in [2.75, 3.05) is 32.8 Å². The summed E-state index contributed by atoms with van der Waals surface area (Å²) in [6, 6.07) is 6.52. The Balaban J connectivity index is 1.64. The summed E-state index contributed by atoms with van der Waals surface area (Å²) in [5, 5.41) is 4.25. The maximum atomic E-state index is 13.4. The Morgan fingerprint density at radius 1 is 1.21 bits per heavy atom. The summed E-state index contributed by atoms with van der Waals surface area (Å²) in [6.07, 6.45) is 10.2. The Labute approximate surface area is 175 Å². The number of hydrogen-bond donors (Lipinski definition) is 1. The number of rotatable bonds is 7. The molecule has 0 saturated carbocycles. The fourth-order valence-corrected chi connectivity index (χ4v) is 3.99. The molecular weight excluding hydrogens is 386 g/mol. The number of carbonyl (C=O) groups is 1. The number of ether oxygens (including phenoxy) is 1. The van der Waals surface area contributed by atoms with Crippen molar-refractivity contribution in [3.63, 3.8) is 0 Å². The molecule has 1 heterocycles. The summed E-state index contributed by atoms with van der Waals surface area (Å²) in [5.74, 6) is -0.0846. The van der Waals surface area contributed by atoms with Gasteiger partial charge in [-0.15, -0.1) is 9.24 Å². The standard InChI is InChI=1S/C23H30FN2O2P/c1-17(26-13-15-28-16-14-26)23(27)25-12-11-22(19-5-8-20(24)9-6-19)18-3-2-4-21(29)10-7-18/h3-10,17,22H,2,11-16,29H2,1H3,(H,25,27). The zero-order valence-corrected chi connectivity index (χ0v) is 18.1. The first kappa shape index (κ1) is 21.9. The first-order valence-electron chi connectivity index (χ1n) is 10.2. The van der Waals surface area contributed by atoms with Gasteiger partial charge in [0.1, 0.15) is 5.82 Å². The summed E-state index contributed by atoms with van der Waals surface area (Å²) in [5.41, 5.74) is 2.26. The molecule has 3 atom stereocenters. The number of morpholine rings is 1. The van der Waals surface area contributed by atoms with E-state index in [9.17, 15) is 9.18 Å². The number of nitrogens with zero attached hydrogens (tertiary/aromatic N) is 1. The molecular formula is C23H30FN2O2P. The Bertz CT molecular complexity index is 783. The van der Waals surface area contributed by atoms with Gasteiger partial charge in [-0.05, 0) is 48.3 Å². The molecule has 1 aromatic carbocycles. The van der Waals surface area contributed by atoms with Gasteiger partial charge in [0, 0.05) is 25.6 Å². The van der Waals surface area contributed by atoms with Crippen LogP contribution in [0.1, 0.15) is 31.2 Å². The summed E-state index contributed by atoms with van der Waals surface area (Å²) >= 11 is 0. The van der Waals surface area contributed by atoms with Gasteiger partial charge in [-0.3, -0.25) is 9.69 Å². The minimum Gasteiger partial charge on any atom is -0.379 e. The first-order chi connectivity index (χ1) is 14.0. The molecule has 1 aliphatic carbocycles. The second kappa shape index (κ2) is 10.8. The number of nitrogens with one attached hydrogen (secondary N) is 1. The molecule has 1 N–H and O–H groups in total. The number of benzene rings is 1. The van der Waals surface area contributed by atoms with Crippen molar-refractivity contribution in [3.05, 3.63) is 70.8 Å². The van der Waals surface area contributed by atoms with Crippen LogP contribution < -0.4 is 5.32 Å². The topological polar surface area (TPSA) is 41.6 Å². The van der Waals surface area contributed by atoms with Crippen LogP contribution in [0.5, 0.6) is 0 Å². The SMILES string of the molecule is CC(C(=O)NCCC(C1=CCC=C(P)C=C1)c1ccc(F)cc1)N1CCOCC1. The highest BCUT2D eigenvalue weighted by Gasteiger charge is 2.23. The fourth-order valence-electron chi connectivity index (χ4n) is 3.76. The average Bonchev–Trinajstić information content (AvgIpc) is 2.96. The Morgan fingerprint density at radius 2 is 1.93 bits per heavy atom. The van der Waals surface area contributed by atoms with Crippen molar-refractivity contribution in [2.45, 2.75) is 31.7 Å². The lowest BCUT2D eigenvalue weighted by Crippen LogP contribution is -2.49. The number of amides is 1. The van der Waals surface area contributed by atoms with E-state index in [0.29, 0.717) is 19.8 Å². The van der Waals surface area contributed by atoms with Crippen LogP contribution in [0.4, 0.5) is 4.39 Å². The maximum absolute atomic E-state index is 13.4. The van der Waals surface area contributed by atoms with E-state index in [1.807, 2.05) is 19.1 Å². The minimum absolute atomic E-state index is 0.0454. The van der Waals surface area contributed by atoms with Crippen LogP contribution in [-0.4, -0.2) is 49.7 Å². The predicted molar refractivity (Wildman–Crippen MR) is 118 cm³/mol. The Hall–Kier alpha value is -1.81. The van der Waals surface area contributed by atoms with Crippen LogP contribution in [0.3, 0.4) is 0 Å². The number of halogens is 1. The van der Waals surface area contributed by atoms with Gasteiger partial charge >= 0.3 is 0 Å². The van der Waals surface area contributed by atoms with E-state index < -0.39 is 0 Å². The van der Waals surface area contributed by atoms with Gasteiger partial charge in [0.25, 0.3) is 0 Å². The number of hydrogen-bond acceptors (Lipinski definition) is 3. The molecule has 2 aliphatic rings. The minimum atomic E-state index is -0.237. The third kappa shape index (κ3) is 6.33. The first-order valence-corrected chi connectivity index (χ1v) is 10.8. The average molecular weight is 416 g/mol. The molecule has 1 fully saturated rings. The van der Waals surface area contributed by atoms with E-state index in [1.54, 1.807) is 0 Å². The molecule has 1 amide bonds. The predicted octanol–water partition coefficient (Wildman–Crippen LogP) is 3.78. The van der Waals surface area contributed by atoms with Crippen molar-refractivity contribution in [3.8, 4) is 0 Å². The molecule has 156 valence electrons. The summed E-state index contributed by atoms with van der Waals surface area (Å²) < 4.78 is 18.8. The zero-order valence-electron chi connectivity index (χ0n) is 16.9. The van der Waals surface area contributed by atoms with E-state index in [-0.39, 0.29) is 23.7 Å². The maximum Gasteiger partial charge on any atom is 0.237 e.